The Labute approximate surface area is 101 Å². The number of aryl methyl sites for hydroxylation is 1. The number of hydrogen-bond acceptors (Lipinski definition) is 3. The highest BCUT2D eigenvalue weighted by Crippen LogP contribution is 2.07. The molecule has 17 heavy (non-hydrogen) atoms. The minimum absolute atomic E-state index is 0.0275. The Morgan fingerprint density at radius 2 is 1.82 bits per heavy atom. The van der Waals surface area contributed by atoms with E-state index in [0.717, 1.165) is 12.8 Å². The molecule has 1 aromatic rings. The summed E-state index contributed by atoms with van der Waals surface area (Å²) in [4.78, 5) is 7.91. The van der Waals surface area contributed by atoms with Gasteiger partial charge in [0.1, 0.15) is 5.84 Å². The number of hydrogen-bond donors (Lipinski definition) is 0. The second-order valence-corrected chi connectivity index (χ2v) is 4.59. The SMILES string of the molecule is O=S(=O)=C1C=NC(CCCc2ccccc2)=N1. The quantitative estimate of drug-likeness (QED) is 0.758. The van der Waals surface area contributed by atoms with Gasteiger partial charge in [-0.15, -0.1) is 0 Å². The van der Waals surface area contributed by atoms with E-state index >= 15 is 0 Å². The Bertz CT molecular complexity index is 578. The molecule has 4 nitrogen and oxygen atoms in total. The molecule has 0 aliphatic carbocycles. The molecule has 2 rings (SSSR count). The molecule has 1 aromatic carbocycles. The van der Waals surface area contributed by atoms with E-state index < -0.39 is 10.3 Å². The molecule has 0 amide bonds. The largest absolute Gasteiger partial charge is 0.241 e. The summed E-state index contributed by atoms with van der Waals surface area (Å²) < 4.78 is 21.2. The third kappa shape index (κ3) is 3.35. The molecule has 0 atom stereocenters. The van der Waals surface area contributed by atoms with Crippen LogP contribution in [0.15, 0.2) is 40.3 Å². The molecule has 0 saturated carbocycles. The molecule has 0 bridgehead atoms. The first-order chi connectivity index (χ1) is 8.25. The van der Waals surface area contributed by atoms with Gasteiger partial charge in [0.05, 0.1) is 6.21 Å². The van der Waals surface area contributed by atoms with Crippen molar-refractivity contribution in [2.45, 2.75) is 19.3 Å². The predicted octanol–water partition coefficient (Wildman–Crippen LogP) is 1.50. The average molecular weight is 248 g/mol. The van der Waals surface area contributed by atoms with Gasteiger partial charge in [0.2, 0.25) is 15.3 Å². The topological polar surface area (TPSA) is 58.9 Å². The number of aliphatic imine (C=N–C) groups is 2. The van der Waals surface area contributed by atoms with Crippen molar-refractivity contribution < 1.29 is 8.42 Å². The molecule has 1 aliphatic rings. The van der Waals surface area contributed by atoms with Crippen LogP contribution in [0.3, 0.4) is 0 Å². The van der Waals surface area contributed by atoms with Crippen molar-refractivity contribution in [1.29, 1.82) is 0 Å². The van der Waals surface area contributed by atoms with E-state index in [1.54, 1.807) is 0 Å². The van der Waals surface area contributed by atoms with Crippen molar-refractivity contribution in [3.8, 4) is 0 Å². The molecule has 0 radical (unpaired) electrons. The lowest BCUT2D eigenvalue weighted by molar-refractivity contribution is 0.627. The van der Waals surface area contributed by atoms with Crippen molar-refractivity contribution in [3.63, 3.8) is 0 Å². The van der Waals surface area contributed by atoms with Crippen LogP contribution in [-0.2, 0) is 16.7 Å². The smallest absolute Gasteiger partial charge is 0.238 e. The fourth-order valence-electron chi connectivity index (χ4n) is 1.61. The van der Waals surface area contributed by atoms with E-state index in [0.29, 0.717) is 12.3 Å². The molecule has 0 fully saturated rings. The normalized spacial score (nSPS) is 13.9. The van der Waals surface area contributed by atoms with Crippen molar-refractivity contribution in [2.75, 3.05) is 0 Å². The summed E-state index contributed by atoms with van der Waals surface area (Å²) in [7, 11) is -2.27. The van der Waals surface area contributed by atoms with E-state index in [-0.39, 0.29) is 4.99 Å². The minimum atomic E-state index is -2.27. The molecule has 0 saturated heterocycles. The zero-order valence-electron chi connectivity index (χ0n) is 9.20. The second kappa shape index (κ2) is 5.54. The summed E-state index contributed by atoms with van der Waals surface area (Å²) >= 11 is 0. The van der Waals surface area contributed by atoms with Gasteiger partial charge in [0, 0.05) is 6.42 Å². The van der Waals surface area contributed by atoms with Crippen LogP contribution in [0.2, 0.25) is 0 Å². The maximum atomic E-state index is 10.6. The lowest BCUT2D eigenvalue weighted by Gasteiger charge is -1.99. The molecule has 0 N–H and O–H groups in total. The van der Waals surface area contributed by atoms with Crippen molar-refractivity contribution in [1.82, 2.24) is 0 Å². The van der Waals surface area contributed by atoms with Crippen LogP contribution in [0.25, 0.3) is 0 Å². The van der Waals surface area contributed by atoms with E-state index in [9.17, 15) is 8.42 Å². The molecule has 0 aromatic heterocycles. The van der Waals surface area contributed by atoms with Crippen LogP contribution < -0.4 is 0 Å². The Hall–Kier alpha value is -1.75. The zero-order valence-corrected chi connectivity index (χ0v) is 10.0. The molecule has 0 unspecified atom stereocenters. The monoisotopic (exact) mass is 248 g/mol. The highest BCUT2D eigenvalue weighted by atomic mass is 32.2. The summed E-state index contributed by atoms with van der Waals surface area (Å²) in [5.74, 6) is 0.597. The first-order valence-corrected chi connectivity index (χ1v) is 6.45. The molecular weight excluding hydrogens is 236 g/mol. The van der Waals surface area contributed by atoms with E-state index in [4.69, 9.17) is 0 Å². The van der Waals surface area contributed by atoms with Gasteiger partial charge in [0.15, 0.2) is 0 Å². The maximum Gasteiger partial charge on any atom is 0.241 e. The zero-order chi connectivity index (χ0) is 12.1. The standard InChI is InChI=1S/C12H12N2O2S/c15-17(16)12-9-13-11(14-12)8-4-7-10-5-2-1-3-6-10/h1-3,5-6,9H,4,7-8H2. The Balaban J connectivity index is 1.87. The second-order valence-electron chi connectivity index (χ2n) is 3.70. The summed E-state index contributed by atoms with van der Waals surface area (Å²) in [6.45, 7) is 0. The molecule has 5 heteroatoms. The highest BCUT2D eigenvalue weighted by molar-refractivity contribution is 7.74. The van der Waals surface area contributed by atoms with Gasteiger partial charge in [0.25, 0.3) is 0 Å². The summed E-state index contributed by atoms with van der Waals surface area (Å²) in [6.07, 6.45) is 3.86. The molecule has 0 spiro atoms. The predicted molar refractivity (Wildman–Crippen MR) is 69.2 cm³/mol. The fraction of sp³-hybridized carbons (Fsp3) is 0.250. The van der Waals surface area contributed by atoms with Crippen LogP contribution >= 0.6 is 0 Å². The Morgan fingerprint density at radius 1 is 1.06 bits per heavy atom. The highest BCUT2D eigenvalue weighted by Gasteiger charge is 2.07. The molecule has 88 valence electrons. The van der Waals surface area contributed by atoms with Gasteiger partial charge in [-0.3, -0.25) is 0 Å². The average Bonchev–Trinajstić information content (AvgIpc) is 2.79. The van der Waals surface area contributed by atoms with E-state index in [1.165, 1.54) is 11.8 Å². The number of rotatable bonds is 4. The summed E-state index contributed by atoms with van der Waals surface area (Å²) in [5.41, 5.74) is 1.27. The summed E-state index contributed by atoms with van der Waals surface area (Å²) in [5, 5.41) is 0. The van der Waals surface area contributed by atoms with Gasteiger partial charge in [-0.05, 0) is 18.4 Å². The number of amidine groups is 1. The van der Waals surface area contributed by atoms with Gasteiger partial charge in [-0.1, -0.05) is 30.3 Å². The molecule has 1 aliphatic heterocycles. The van der Waals surface area contributed by atoms with Crippen molar-refractivity contribution >= 4 is 27.3 Å². The van der Waals surface area contributed by atoms with E-state index in [1.807, 2.05) is 18.2 Å². The van der Waals surface area contributed by atoms with Gasteiger partial charge < -0.3 is 0 Å². The maximum absolute atomic E-state index is 10.6. The van der Waals surface area contributed by atoms with Crippen molar-refractivity contribution in [2.24, 2.45) is 9.98 Å². The molecular formula is C12H12N2O2S. The van der Waals surface area contributed by atoms with Gasteiger partial charge in [-0.2, -0.15) is 8.42 Å². The number of benzene rings is 1. The molecule has 1 heterocycles. The van der Waals surface area contributed by atoms with Crippen LogP contribution in [-0.4, -0.2) is 25.5 Å². The first-order valence-electron chi connectivity index (χ1n) is 5.37. The fourth-order valence-corrected chi connectivity index (χ4v) is 1.93. The van der Waals surface area contributed by atoms with Crippen LogP contribution in [0.5, 0.6) is 0 Å². The van der Waals surface area contributed by atoms with Gasteiger partial charge in [-0.25, -0.2) is 9.98 Å². The van der Waals surface area contributed by atoms with Crippen LogP contribution in [0, 0.1) is 0 Å². The van der Waals surface area contributed by atoms with E-state index in [2.05, 4.69) is 22.1 Å². The lowest BCUT2D eigenvalue weighted by Crippen LogP contribution is -1.94. The third-order valence-corrected chi connectivity index (χ3v) is 2.98. The van der Waals surface area contributed by atoms with Crippen LogP contribution in [0.4, 0.5) is 0 Å². The van der Waals surface area contributed by atoms with Gasteiger partial charge >= 0.3 is 0 Å². The Kier molecular flexibility index (Phi) is 3.82. The summed E-state index contributed by atoms with van der Waals surface area (Å²) in [6, 6.07) is 10.1. The lowest BCUT2D eigenvalue weighted by atomic mass is 10.1. The Morgan fingerprint density at radius 3 is 2.47 bits per heavy atom. The number of nitrogens with zero attached hydrogens (tertiary/aromatic N) is 2. The minimum Gasteiger partial charge on any atom is -0.238 e. The van der Waals surface area contributed by atoms with Crippen LogP contribution in [0.1, 0.15) is 18.4 Å². The first kappa shape index (κ1) is 11.7. The van der Waals surface area contributed by atoms with Crippen molar-refractivity contribution in [3.05, 3.63) is 35.9 Å². The third-order valence-electron chi connectivity index (χ3n) is 2.44.